The molecule has 10 heteroatoms. The molecule has 37 heavy (non-hydrogen) atoms. The first kappa shape index (κ1) is 24.3. The van der Waals surface area contributed by atoms with Gasteiger partial charge in [-0.3, -0.25) is 19.5 Å². The van der Waals surface area contributed by atoms with E-state index in [1.807, 2.05) is 13.0 Å². The number of pyridine rings is 1. The Morgan fingerprint density at radius 3 is 2.51 bits per heavy atom. The van der Waals surface area contributed by atoms with E-state index in [9.17, 15) is 14.7 Å². The molecule has 5 rings (SSSR count). The number of anilines is 1. The predicted octanol–water partition coefficient (Wildman–Crippen LogP) is 4.73. The molecule has 0 saturated carbocycles. The number of benzene rings is 2. The molecule has 1 aliphatic heterocycles. The zero-order valence-electron chi connectivity index (χ0n) is 20.3. The summed E-state index contributed by atoms with van der Waals surface area (Å²) >= 11 is 1.25. The van der Waals surface area contributed by atoms with Gasteiger partial charge in [0.15, 0.2) is 16.6 Å². The van der Waals surface area contributed by atoms with Crippen molar-refractivity contribution in [3.63, 3.8) is 0 Å². The lowest BCUT2D eigenvalue weighted by molar-refractivity contribution is -0.132. The van der Waals surface area contributed by atoms with Crippen molar-refractivity contribution < 1.29 is 28.9 Å². The summed E-state index contributed by atoms with van der Waals surface area (Å²) in [5.74, 6) is -0.308. The average molecular weight is 518 g/mol. The van der Waals surface area contributed by atoms with Gasteiger partial charge in [0.25, 0.3) is 5.78 Å². The van der Waals surface area contributed by atoms with E-state index < -0.39 is 17.7 Å². The largest absolute Gasteiger partial charge is 0.507 e. The van der Waals surface area contributed by atoms with Crippen molar-refractivity contribution in [2.75, 3.05) is 25.7 Å². The molecule has 188 valence electrons. The second-order valence-electron chi connectivity index (χ2n) is 8.08. The predicted molar refractivity (Wildman–Crippen MR) is 139 cm³/mol. The molecule has 0 bridgehead atoms. The number of carbonyl (C=O) groups excluding carboxylic acids is 2. The van der Waals surface area contributed by atoms with Crippen LogP contribution < -0.4 is 19.1 Å². The van der Waals surface area contributed by atoms with Crippen LogP contribution in [-0.2, 0) is 9.59 Å². The molecule has 0 aliphatic carbocycles. The number of ketones is 1. The lowest BCUT2D eigenvalue weighted by atomic mass is 9.95. The molecule has 1 unspecified atom stereocenters. The standard InChI is InChI=1S/C27H23N3O6S/c1-4-36-19-8-5-16(13-20(19)35-3)23-22(24(31)15-9-11-28-12-10-15)25(32)26(33)30(23)27-29-18-7-6-17(34-2)14-21(18)37-27/h5-14,23,31H,4H2,1-3H3. The van der Waals surface area contributed by atoms with E-state index in [1.165, 1.54) is 35.7 Å². The van der Waals surface area contributed by atoms with Gasteiger partial charge in [-0.1, -0.05) is 17.4 Å². The van der Waals surface area contributed by atoms with Gasteiger partial charge in [0.2, 0.25) is 0 Å². The van der Waals surface area contributed by atoms with Crippen molar-refractivity contribution in [1.82, 2.24) is 9.97 Å². The number of Topliss-reactive ketones (excluding diaryl/α,β-unsaturated/α-hetero) is 1. The van der Waals surface area contributed by atoms with Crippen molar-refractivity contribution in [1.29, 1.82) is 0 Å². The Balaban J connectivity index is 1.72. The number of nitrogens with zero attached hydrogens (tertiary/aromatic N) is 3. The number of rotatable bonds is 7. The van der Waals surface area contributed by atoms with Crippen molar-refractivity contribution in [2.45, 2.75) is 13.0 Å². The highest BCUT2D eigenvalue weighted by molar-refractivity contribution is 7.22. The lowest BCUT2D eigenvalue weighted by Gasteiger charge is -2.23. The van der Waals surface area contributed by atoms with Gasteiger partial charge in [0.1, 0.15) is 11.5 Å². The van der Waals surface area contributed by atoms with Crippen LogP contribution in [0.3, 0.4) is 0 Å². The quantitative estimate of drug-likeness (QED) is 0.213. The molecule has 2 aromatic carbocycles. The monoisotopic (exact) mass is 517 g/mol. The van der Waals surface area contributed by atoms with E-state index in [0.29, 0.717) is 45.6 Å². The Morgan fingerprint density at radius 1 is 1.03 bits per heavy atom. The Morgan fingerprint density at radius 2 is 1.81 bits per heavy atom. The number of methoxy groups -OCH3 is 2. The van der Waals surface area contributed by atoms with Crippen molar-refractivity contribution >= 4 is 44.1 Å². The first-order valence-corrected chi connectivity index (χ1v) is 12.2. The van der Waals surface area contributed by atoms with Crippen LogP contribution in [0.25, 0.3) is 16.0 Å². The van der Waals surface area contributed by atoms with Gasteiger partial charge in [-0.15, -0.1) is 0 Å². The van der Waals surface area contributed by atoms with Gasteiger partial charge in [0, 0.05) is 18.0 Å². The van der Waals surface area contributed by atoms with Crippen molar-refractivity contribution in [2.24, 2.45) is 0 Å². The van der Waals surface area contributed by atoms with Gasteiger partial charge >= 0.3 is 5.91 Å². The van der Waals surface area contributed by atoms with Gasteiger partial charge < -0.3 is 19.3 Å². The molecule has 2 aromatic heterocycles. The van der Waals surface area contributed by atoms with Crippen LogP contribution in [0.4, 0.5) is 5.13 Å². The maximum absolute atomic E-state index is 13.5. The third-order valence-corrected chi connectivity index (χ3v) is 7.01. The highest BCUT2D eigenvalue weighted by Crippen LogP contribution is 2.46. The second kappa shape index (κ2) is 9.90. The fourth-order valence-electron chi connectivity index (χ4n) is 4.26. The van der Waals surface area contributed by atoms with Gasteiger partial charge in [-0.25, -0.2) is 4.98 Å². The zero-order valence-corrected chi connectivity index (χ0v) is 21.1. The molecule has 0 spiro atoms. The number of thiazole rings is 1. The molecule has 0 radical (unpaired) electrons. The second-order valence-corrected chi connectivity index (χ2v) is 9.09. The van der Waals surface area contributed by atoms with Crippen LogP contribution in [-0.4, -0.2) is 47.6 Å². The molecule has 3 heterocycles. The maximum Gasteiger partial charge on any atom is 0.301 e. The number of aliphatic hydroxyl groups excluding tert-OH is 1. The Labute approximate surface area is 216 Å². The summed E-state index contributed by atoms with van der Waals surface area (Å²) in [4.78, 5) is 36.8. The Hall–Kier alpha value is -4.44. The highest BCUT2D eigenvalue weighted by atomic mass is 32.1. The van der Waals surface area contributed by atoms with Gasteiger partial charge in [-0.05, 0) is 55.0 Å². The van der Waals surface area contributed by atoms with Crippen LogP contribution >= 0.6 is 11.3 Å². The fraction of sp³-hybridized carbons (Fsp3) is 0.185. The van der Waals surface area contributed by atoms with Crippen LogP contribution in [0.1, 0.15) is 24.1 Å². The fourth-order valence-corrected chi connectivity index (χ4v) is 5.28. The SMILES string of the molecule is CCOc1ccc(C2C(=C(O)c3ccncc3)C(=O)C(=O)N2c2nc3ccc(OC)cc3s2)cc1OC. The number of amides is 1. The normalized spacial score (nSPS) is 16.8. The minimum atomic E-state index is -0.958. The minimum Gasteiger partial charge on any atom is -0.507 e. The highest BCUT2D eigenvalue weighted by Gasteiger charge is 2.48. The van der Waals surface area contributed by atoms with E-state index in [2.05, 4.69) is 9.97 Å². The lowest BCUT2D eigenvalue weighted by Crippen LogP contribution is -2.29. The first-order valence-electron chi connectivity index (χ1n) is 11.4. The molecule has 1 atom stereocenters. The van der Waals surface area contributed by atoms with Crippen molar-refractivity contribution in [3.8, 4) is 17.2 Å². The van der Waals surface area contributed by atoms with E-state index in [0.717, 1.165) is 4.70 Å². The molecule has 4 aromatic rings. The van der Waals surface area contributed by atoms with Crippen LogP contribution in [0.5, 0.6) is 17.2 Å². The van der Waals surface area contributed by atoms with Gasteiger partial charge in [-0.2, -0.15) is 0 Å². The first-order chi connectivity index (χ1) is 18.0. The molecule has 1 saturated heterocycles. The van der Waals surface area contributed by atoms with Gasteiger partial charge in [0.05, 0.1) is 42.7 Å². The van der Waals surface area contributed by atoms with E-state index in [4.69, 9.17) is 14.2 Å². The summed E-state index contributed by atoms with van der Waals surface area (Å²) in [5.41, 5.74) is 1.51. The summed E-state index contributed by atoms with van der Waals surface area (Å²) in [7, 11) is 3.08. The third-order valence-electron chi connectivity index (χ3n) is 5.99. The Bertz CT molecular complexity index is 1530. The molecular weight excluding hydrogens is 494 g/mol. The number of ether oxygens (including phenoxy) is 3. The minimum absolute atomic E-state index is 0.0563. The summed E-state index contributed by atoms with van der Waals surface area (Å²) < 4.78 is 17.3. The maximum atomic E-state index is 13.5. The third kappa shape index (κ3) is 4.25. The smallest absolute Gasteiger partial charge is 0.301 e. The molecular formula is C27H23N3O6S. The topological polar surface area (TPSA) is 111 Å². The molecule has 1 fully saturated rings. The van der Waals surface area contributed by atoms with Crippen LogP contribution in [0.2, 0.25) is 0 Å². The van der Waals surface area contributed by atoms with Crippen molar-refractivity contribution in [3.05, 3.63) is 77.6 Å². The zero-order chi connectivity index (χ0) is 26.1. The Kier molecular flexibility index (Phi) is 6.49. The van der Waals surface area contributed by atoms with E-state index >= 15 is 0 Å². The number of carbonyl (C=O) groups is 2. The average Bonchev–Trinajstić information content (AvgIpc) is 3.46. The van der Waals surface area contributed by atoms with Crippen LogP contribution in [0, 0.1) is 0 Å². The number of fused-ring (bicyclic) bond motifs is 1. The molecule has 1 N–H and O–H groups in total. The number of hydrogen-bond donors (Lipinski definition) is 1. The van der Waals surface area contributed by atoms with Crippen LogP contribution in [0.15, 0.2) is 66.5 Å². The van der Waals surface area contributed by atoms with E-state index in [1.54, 1.807) is 49.6 Å². The molecule has 9 nitrogen and oxygen atoms in total. The number of aromatic nitrogens is 2. The summed E-state index contributed by atoms with van der Waals surface area (Å²) in [5, 5.41) is 11.6. The summed E-state index contributed by atoms with van der Waals surface area (Å²) in [6, 6.07) is 12.7. The molecule has 1 aliphatic rings. The number of aliphatic hydroxyl groups is 1. The van der Waals surface area contributed by atoms with E-state index in [-0.39, 0.29) is 11.3 Å². The number of hydrogen-bond acceptors (Lipinski definition) is 9. The molecule has 1 amide bonds. The summed E-state index contributed by atoms with van der Waals surface area (Å²) in [6.07, 6.45) is 3.00. The summed E-state index contributed by atoms with van der Waals surface area (Å²) in [6.45, 7) is 2.30.